The van der Waals surface area contributed by atoms with Gasteiger partial charge in [-0.2, -0.15) is 0 Å². The lowest BCUT2D eigenvalue weighted by Crippen LogP contribution is -2.61. The molecule has 0 aliphatic carbocycles. The van der Waals surface area contributed by atoms with Crippen molar-refractivity contribution in [3.63, 3.8) is 0 Å². The summed E-state index contributed by atoms with van der Waals surface area (Å²) >= 11 is 0. The monoisotopic (exact) mass is 928 g/mol. The van der Waals surface area contributed by atoms with Crippen LogP contribution in [0.3, 0.4) is 0 Å². The molecule has 2 aliphatic heterocycles. The van der Waals surface area contributed by atoms with E-state index in [-0.39, 0.29) is 51.2 Å². The molecule has 69 heavy (non-hydrogen) atoms. The highest BCUT2D eigenvalue weighted by atomic mass is 16.2. The summed E-state index contributed by atoms with van der Waals surface area (Å²) in [6, 6.07) is 34.6. The number of carbonyl (C=O) groups is 6. The minimum Gasteiger partial charge on any atom is -0.361 e. The van der Waals surface area contributed by atoms with E-state index in [2.05, 4.69) is 31.2 Å². The van der Waals surface area contributed by atoms with E-state index < -0.39 is 59.7 Å². The first-order valence-corrected chi connectivity index (χ1v) is 24.0. The fraction of sp³-hybridized carbons (Fsp3) is 0.327. The summed E-state index contributed by atoms with van der Waals surface area (Å²) in [6.07, 6.45) is 8.71. The van der Waals surface area contributed by atoms with Crippen LogP contribution in [-0.2, 0) is 60.9 Å². The molecule has 6 aromatic rings. The van der Waals surface area contributed by atoms with E-state index in [1.807, 2.05) is 121 Å². The Kier molecular flexibility index (Phi) is 16.2. The highest BCUT2D eigenvalue weighted by Gasteiger charge is 2.41. The Bertz CT molecular complexity index is 2680. The van der Waals surface area contributed by atoms with Gasteiger partial charge in [-0.3, -0.25) is 33.8 Å². The average Bonchev–Trinajstić information content (AvgIpc) is 4.04. The maximum atomic E-state index is 15.0. The van der Waals surface area contributed by atoms with Gasteiger partial charge in [-0.1, -0.05) is 115 Å². The van der Waals surface area contributed by atoms with Crippen molar-refractivity contribution in [3.8, 4) is 0 Å². The van der Waals surface area contributed by atoms with Crippen LogP contribution in [0.1, 0.15) is 59.9 Å². The zero-order chi connectivity index (χ0) is 48.0. The first-order valence-electron chi connectivity index (χ1n) is 24.0. The molecule has 0 saturated carbocycles. The summed E-state index contributed by atoms with van der Waals surface area (Å²) in [5.74, 6) is -3.18. The van der Waals surface area contributed by atoms with Crippen molar-refractivity contribution in [2.45, 2.75) is 94.4 Å². The van der Waals surface area contributed by atoms with E-state index in [0.717, 1.165) is 33.2 Å². The number of para-hydroxylation sites is 1. The van der Waals surface area contributed by atoms with Crippen molar-refractivity contribution >= 4 is 46.3 Å². The number of aromatic amines is 1. The van der Waals surface area contributed by atoms with Gasteiger partial charge < -0.3 is 36.1 Å². The number of nitrogens with one attached hydrogen (secondary N) is 5. The number of carbonyl (C=O) groups excluding carboxylic acids is 6. The fourth-order valence-corrected chi connectivity index (χ4v) is 9.48. The Morgan fingerprint density at radius 3 is 1.81 bits per heavy atom. The molecule has 14 nitrogen and oxygen atoms in total. The SMILES string of the molecule is O=C1CN(CCCc2ccccc2)C(=O)[C@H]2CCCN2C(=O)[C@H](Cc2cccnc2)NC(=O)[C@H](Cc2c[nH]c3ccccc23)NC(=O)[C@@H](Cc2ccccc2)NC(=O)[C@H](CCCc2ccccc2)N1. The lowest BCUT2D eigenvalue weighted by atomic mass is 10.00. The minimum atomic E-state index is -1.22. The smallest absolute Gasteiger partial charge is 0.246 e. The lowest BCUT2D eigenvalue weighted by Gasteiger charge is -2.33. The average molecular weight is 929 g/mol. The van der Waals surface area contributed by atoms with Gasteiger partial charge in [0.1, 0.15) is 30.2 Å². The molecule has 6 amide bonds. The van der Waals surface area contributed by atoms with E-state index in [9.17, 15) is 28.8 Å². The van der Waals surface area contributed by atoms with Crippen molar-refractivity contribution in [3.05, 3.63) is 174 Å². The number of fused-ring (bicyclic) bond motifs is 2. The molecule has 0 radical (unpaired) electrons. The number of benzene rings is 4. The molecule has 14 heteroatoms. The third-order valence-corrected chi connectivity index (χ3v) is 13.1. The van der Waals surface area contributed by atoms with E-state index in [1.165, 1.54) is 9.80 Å². The molecule has 8 rings (SSSR count). The molecule has 0 spiro atoms. The second-order valence-corrected chi connectivity index (χ2v) is 18.0. The maximum absolute atomic E-state index is 15.0. The Hall–Kier alpha value is -7.61. The van der Waals surface area contributed by atoms with Crippen LogP contribution in [0.5, 0.6) is 0 Å². The number of nitrogens with zero attached hydrogens (tertiary/aromatic N) is 3. The van der Waals surface area contributed by atoms with E-state index in [4.69, 9.17) is 0 Å². The van der Waals surface area contributed by atoms with E-state index >= 15 is 0 Å². The molecule has 2 saturated heterocycles. The second kappa shape index (κ2) is 23.4. The Morgan fingerprint density at radius 1 is 0.551 bits per heavy atom. The maximum Gasteiger partial charge on any atom is 0.246 e. The standard InChI is InChI=1S/C55H60N8O6/c64-50-37-62(30-14-24-39-18-6-2-7-19-39)55(69)49-28-15-31-63(49)54(68)48(33-41-23-13-29-56-35-41)61-53(67)47(34-42-36-57-44-26-11-10-25-43(42)44)60-52(66)46(32-40-20-8-3-9-21-40)59-51(65)45(58-50)27-12-22-38-16-4-1-5-17-38/h1-11,13,16-21,23,25-26,29,35-36,45-49,57H,12,14-15,22,24,27-28,30-34,37H2,(H,58,64)(H,59,65)(H,60,66)(H,61,67)/t45-,46+,47-,48-,49+/m0/s1. The fourth-order valence-electron chi connectivity index (χ4n) is 9.48. The van der Waals surface area contributed by atoms with Crippen LogP contribution in [0, 0.1) is 0 Å². The number of rotatable bonds is 14. The molecular weight excluding hydrogens is 869 g/mol. The normalized spacial score (nSPS) is 20.9. The quantitative estimate of drug-likeness (QED) is 0.102. The molecule has 0 unspecified atom stereocenters. The molecule has 356 valence electrons. The highest BCUT2D eigenvalue weighted by molar-refractivity contribution is 5.98. The zero-order valence-corrected chi connectivity index (χ0v) is 38.7. The van der Waals surface area contributed by atoms with Gasteiger partial charge in [0.25, 0.3) is 0 Å². The number of H-pyrrole nitrogens is 1. The molecule has 5 N–H and O–H groups in total. The van der Waals surface area contributed by atoms with Crippen LogP contribution < -0.4 is 21.3 Å². The predicted molar refractivity (Wildman–Crippen MR) is 263 cm³/mol. The van der Waals surface area contributed by atoms with Crippen molar-refractivity contribution in [1.82, 2.24) is 41.0 Å². The van der Waals surface area contributed by atoms with Gasteiger partial charge in [0, 0.05) is 61.8 Å². The highest BCUT2D eigenvalue weighted by Crippen LogP contribution is 2.24. The van der Waals surface area contributed by atoms with Crippen molar-refractivity contribution in [2.75, 3.05) is 19.6 Å². The van der Waals surface area contributed by atoms with Gasteiger partial charge in [-0.05, 0) is 84.9 Å². The first-order chi connectivity index (χ1) is 33.7. The third-order valence-electron chi connectivity index (χ3n) is 13.1. The molecular formula is C55H60N8O6. The largest absolute Gasteiger partial charge is 0.361 e. The third kappa shape index (κ3) is 12.9. The van der Waals surface area contributed by atoms with Gasteiger partial charge in [0.15, 0.2) is 0 Å². The molecule has 5 atom stereocenters. The van der Waals surface area contributed by atoms with E-state index in [1.54, 1.807) is 24.7 Å². The number of hydrogen-bond acceptors (Lipinski definition) is 7. The molecule has 4 heterocycles. The van der Waals surface area contributed by atoms with Gasteiger partial charge in [-0.15, -0.1) is 0 Å². The number of aromatic nitrogens is 2. The number of hydrogen-bond donors (Lipinski definition) is 5. The summed E-state index contributed by atoms with van der Waals surface area (Å²) in [4.78, 5) is 99.1. The zero-order valence-electron chi connectivity index (χ0n) is 38.7. The van der Waals surface area contributed by atoms with Crippen LogP contribution >= 0.6 is 0 Å². The number of pyridine rings is 1. The Labute approximate surface area is 402 Å². The molecule has 0 bridgehead atoms. The van der Waals surface area contributed by atoms with Crippen LogP contribution in [0.25, 0.3) is 10.9 Å². The van der Waals surface area contributed by atoms with Gasteiger partial charge in [0.05, 0.1) is 6.54 Å². The lowest BCUT2D eigenvalue weighted by molar-refractivity contribution is -0.147. The Balaban J connectivity index is 1.16. The van der Waals surface area contributed by atoms with Crippen LogP contribution in [0.4, 0.5) is 0 Å². The molecule has 2 aromatic heterocycles. The van der Waals surface area contributed by atoms with Crippen LogP contribution in [0.2, 0.25) is 0 Å². The van der Waals surface area contributed by atoms with Gasteiger partial charge in [-0.25, -0.2) is 0 Å². The summed E-state index contributed by atoms with van der Waals surface area (Å²) in [7, 11) is 0. The molecule has 4 aromatic carbocycles. The second-order valence-electron chi connectivity index (χ2n) is 18.0. The van der Waals surface area contributed by atoms with Crippen molar-refractivity contribution < 1.29 is 28.8 Å². The predicted octanol–water partition coefficient (Wildman–Crippen LogP) is 5.02. The molecule has 2 aliphatic rings. The topological polar surface area (TPSA) is 186 Å². The summed E-state index contributed by atoms with van der Waals surface area (Å²) < 4.78 is 0. The van der Waals surface area contributed by atoms with Crippen molar-refractivity contribution in [2.24, 2.45) is 0 Å². The van der Waals surface area contributed by atoms with Gasteiger partial charge in [0.2, 0.25) is 35.4 Å². The van der Waals surface area contributed by atoms with Gasteiger partial charge >= 0.3 is 0 Å². The first kappa shape index (κ1) is 47.9. The van der Waals surface area contributed by atoms with Crippen LogP contribution in [-0.4, -0.2) is 105 Å². The minimum absolute atomic E-state index is 0.0440. The van der Waals surface area contributed by atoms with Crippen LogP contribution in [0.15, 0.2) is 146 Å². The van der Waals surface area contributed by atoms with E-state index in [0.29, 0.717) is 44.1 Å². The molecule has 2 fully saturated rings. The summed E-state index contributed by atoms with van der Waals surface area (Å²) in [5.41, 5.74) is 5.19. The Morgan fingerprint density at radius 2 is 1.13 bits per heavy atom. The number of amides is 6. The number of aryl methyl sites for hydroxylation is 2. The van der Waals surface area contributed by atoms with Crippen molar-refractivity contribution in [1.29, 1.82) is 0 Å². The summed E-state index contributed by atoms with van der Waals surface area (Å²) in [6.45, 7) is 0.127. The summed E-state index contributed by atoms with van der Waals surface area (Å²) in [5, 5.41) is 12.8.